The molecule has 0 spiro atoms. The number of amides is 1. The molecule has 1 heterocycles. The first-order chi connectivity index (χ1) is 7.74. The third kappa shape index (κ3) is 1.83. The van der Waals surface area contributed by atoms with E-state index < -0.39 is 0 Å². The van der Waals surface area contributed by atoms with E-state index in [1.54, 1.807) is 18.9 Å². The van der Waals surface area contributed by atoms with Crippen LogP contribution in [0.2, 0.25) is 0 Å². The summed E-state index contributed by atoms with van der Waals surface area (Å²) in [4.78, 5) is 13.4. The quantitative estimate of drug-likeness (QED) is 0.785. The number of hydrogen-bond acceptors (Lipinski definition) is 3. The lowest BCUT2D eigenvalue weighted by atomic mass is 10.2. The van der Waals surface area contributed by atoms with Crippen molar-refractivity contribution < 1.29 is 9.53 Å². The van der Waals surface area contributed by atoms with Crippen LogP contribution in [0.1, 0.15) is 13.3 Å². The van der Waals surface area contributed by atoms with Gasteiger partial charge in [0.25, 0.3) is 0 Å². The number of nitrogens with one attached hydrogen (secondary N) is 1. The van der Waals surface area contributed by atoms with Gasteiger partial charge in [0.15, 0.2) is 0 Å². The zero-order chi connectivity index (χ0) is 11.5. The van der Waals surface area contributed by atoms with Crippen molar-refractivity contribution in [3.8, 4) is 5.75 Å². The van der Waals surface area contributed by atoms with E-state index in [1.165, 1.54) is 0 Å². The number of nitrogens with zero attached hydrogens (tertiary/aromatic N) is 1. The second-order valence-electron chi connectivity index (χ2n) is 3.81. The molecule has 0 bridgehead atoms. The van der Waals surface area contributed by atoms with Gasteiger partial charge in [-0.15, -0.1) is 0 Å². The number of para-hydroxylation sites is 1. The monoisotopic (exact) mass is 220 g/mol. The van der Waals surface area contributed by atoms with Gasteiger partial charge < -0.3 is 15.0 Å². The van der Waals surface area contributed by atoms with Gasteiger partial charge >= 0.3 is 0 Å². The van der Waals surface area contributed by atoms with Crippen molar-refractivity contribution in [3.05, 3.63) is 18.2 Å². The summed E-state index contributed by atoms with van der Waals surface area (Å²) < 4.78 is 5.30. The molecule has 0 atom stereocenters. The molecule has 0 aliphatic carbocycles. The highest BCUT2D eigenvalue weighted by Crippen LogP contribution is 2.36. The van der Waals surface area contributed by atoms with Crippen molar-refractivity contribution >= 4 is 17.3 Å². The summed E-state index contributed by atoms with van der Waals surface area (Å²) in [5, 5.41) is 3.31. The predicted octanol–water partition coefficient (Wildman–Crippen LogP) is 1.86. The summed E-state index contributed by atoms with van der Waals surface area (Å²) in [6.07, 6.45) is 0.942. The van der Waals surface area contributed by atoms with Gasteiger partial charge in [0.05, 0.1) is 12.8 Å². The van der Waals surface area contributed by atoms with Crippen molar-refractivity contribution in [1.29, 1.82) is 0 Å². The molecule has 1 N–H and O–H groups in total. The molecular weight excluding hydrogens is 204 g/mol. The molecule has 86 valence electrons. The largest absolute Gasteiger partial charge is 0.495 e. The summed E-state index contributed by atoms with van der Waals surface area (Å²) >= 11 is 0. The van der Waals surface area contributed by atoms with Crippen LogP contribution >= 0.6 is 0 Å². The molecule has 2 rings (SSSR count). The Labute approximate surface area is 95.2 Å². The zero-order valence-electron chi connectivity index (χ0n) is 9.62. The van der Waals surface area contributed by atoms with Crippen LogP contribution in [0.25, 0.3) is 0 Å². The van der Waals surface area contributed by atoms with Crippen molar-refractivity contribution in [2.45, 2.75) is 13.3 Å². The maximum Gasteiger partial charge on any atom is 0.223 e. The van der Waals surface area contributed by atoms with Crippen LogP contribution in [0, 0.1) is 0 Å². The van der Waals surface area contributed by atoms with E-state index in [0.717, 1.165) is 36.6 Å². The summed E-state index contributed by atoms with van der Waals surface area (Å²) in [6.45, 7) is 3.20. The standard InChI is InChI=1S/C12H16N2O2/c1-9(15)14-8-4-7-13-12-10(14)5-3-6-11(12)16-2/h3,5-6,13H,4,7-8H2,1-2H3. The SMILES string of the molecule is COc1cccc2c1NCCCN2C(C)=O. The average molecular weight is 220 g/mol. The Balaban J connectivity index is 2.49. The fourth-order valence-corrected chi connectivity index (χ4v) is 1.99. The minimum absolute atomic E-state index is 0.0678. The van der Waals surface area contributed by atoms with Crippen LogP contribution in [-0.2, 0) is 4.79 Å². The summed E-state index contributed by atoms with van der Waals surface area (Å²) in [7, 11) is 1.64. The van der Waals surface area contributed by atoms with Gasteiger partial charge in [0, 0.05) is 20.0 Å². The summed E-state index contributed by atoms with van der Waals surface area (Å²) in [5.74, 6) is 0.851. The van der Waals surface area contributed by atoms with E-state index in [1.807, 2.05) is 18.2 Å². The van der Waals surface area contributed by atoms with E-state index in [-0.39, 0.29) is 5.91 Å². The lowest BCUT2D eigenvalue weighted by Crippen LogP contribution is -2.28. The number of rotatable bonds is 1. The van der Waals surface area contributed by atoms with Gasteiger partial charge in [-0.25, -0.2) is 0 Å². The third-order valence-corrected chi connectivity index (χ3v) is 2.76. The molecule has 1 amide bonds. The van der Waals surface area contributed by atoms with Crippen molar-refractivity contribution in [1.82, 2.24) is 0 Å². The number of benzene rings is 1. The molecule has 0 aromatic heterocycles. The topological polar surface area (TPSA) is 41.6 Å². The van der Waals surface area contributed by atoms with Gasteiger partial charge in [-0.05, 0) is 18.6 Å². The molecule has 0 saturated heterocycles. The van der Waals surface area contributed by atoms with E-state index >= 15 is 0 Å². The van der Waals surface area contributed by atoms with Gasteiger partial charge in [0.1, 0.15) is 11.4 Å². The van der Waals surface area contributed by atoms with Gasteiger partial charge in [-0.2, -0.15) is 0 Å². The van der Waals surface area contributed by atoms with Crippen LogP contribution in [0.4, 0.5) is 11.4 Å². The first kappa shape index (κ1) is 10.8. The Kier molecular flexibility index (Phi) is 2.99. The maximum absolute atomic E-state index is 11.6. The first-order valence-corrected chi connectivity index (χ1v) is 5.43. The highest BCUT2D eigenvalue weighted by Gasteiger charge is 2.20. The lowest BCUT2D eigenvalue weighted by molar-refractivity contribution is -0.116. The minimum Gasteiger partial charge on any atom is -0.495 e. The summed E-state index contributed by atoms with van der Waals surface area (Å²) in [6, 6.07) is 5.74. The molecular formula is C12H16N2O2. The normalized spacial score (nSPS) is 14.8. The van der Waals surface area contributed by atoms with Crippen molar-refractivity contribution in [2.75, 3.05) is 30.4 Å². The molecule has 1 aliphatic heterocycles. The fourth-order valence-electron chi connectivity index (χ4n) is 1.99. The Morgan fingerprint density at radius 3 is 3.00 bits per heavy atom. The number of hydrogen-bond donors (Lipinski definition) is 1. The smallest absolute Gasteiger partial charge is 0.223 e. The molecule has 1 aliphatic rings. The molecule has 0 saturated carbocycles. The molecule has 1 aromatic carbocycles. The van der Waals surface area contributed by atoms with Gasteiger partial charge in [-0.3, -0.25) is 4.79 Å². The van der Waals surface area contributed by atoms with Gasteiger partial charge in [-0.1, -0.05) is 6.07 Å². The number of fused-ring (bicyclic) bond motifs is 1. The molecule has 4 nitrogen and oxygen atoms in total. The predicted molar refractivity (Wildman–Crippen MR) is 64.1 cm³/mol. The number of methoxy groups -OCH3 is 1. The molecule has 0 fully saturated rings. The average Bonchev–Trinajstić information content (AvgIpc) is 2.50. The first-order valence-electron chi connectivity index (χ1n) is 5.43. The fraction of sp³-hybridized carbons (Fsp3) is 0.417. The number of anilines is 2. The lowest BCUT2D eigenvalue weighted by Gasteiger charge is -2.21. The third-order valence-electron chi connectivity index (χ3n) is 2.76. The number of carbonyl (C=O) groups is 1. The molecule has 1 aromatic rings. The van der Waals surface area contributed by atoms with Crippen molar-refractivity contribution in [3.63, 3.8) is 0 Å². The maximum atomic E-state index is 11.6. The van der Waals surface area contributed by atoms with Gasteiger partial charge in [0.2, 0.25) is 5.91 Å². The van der Waals surface area contributed by atoms with E-state index in [9.17, 15) is 4.79 Å². The van der Waals surface area contributed by atoms with E-state index in [4.69, 9.17) is 4.74 Å². The van der Waals surface area contributed by atoms with Crippen LogP contribution in [0.15, 0.2) is 18.2 Å². The highest BCUT2D eigenvalue weighted by molar-refractivity contribution is 5.96. The van der Waals surface area contributed by atoms with Crippen LogP contribution in [0.3, 0.4) is 0 Å². The minimum atomic E-state index is 0.0678. The van der Waals surface area contributed by atoms with E-state index in [0.29, 0.717) is 0 Å². The Hall–Kier alpha value is -1.71. The molecule has 4 heteroatoms. The summed E-state index contributed by atoms with van der Waals surface area (Å²) in [5.41, 5.74) is 1.82. The van der Waals surface area contributed by atoms with Crippen LogP contribution in [0.5, 0.6) is 5.75 Å². The van der Waals surface area contributed by atoms with Crippen molar-refractivity contribution in [2.24, 2.45) is 0 Å². The Morgan fingerprint density at radius 1 is 1.50 bits per heavy atom. The van der Waals surface area contributed by atoms with Crippen LogP contribution < -0.4 is 15.0 Å². The highest BCUT2D eigenvalue weighted by atomic mass is 16.5. The number of ether oxygens (including phenoxy) is 1. The second kappa shape index (κ2) is 4.43. The molecule has 0 unspecified atom stereocenters. The molecule has 0 radical (unpaired) electrons. The molecule has 16 heavy (non-hydrogen) atoms. The Morgan fingerprint density at radius 2 is 2.31 bits per heavy atom. The van der Waals surface area contributed by atoms with E-state index in [2.05, 4.69) is 5.32 Å². The Bertz CT molecular complexity index is 404. The number of carbonyl (C=O) groups excluding carboxylic acids is 1. The van der Waals surface area contributed by atoms with Crippen LogP contribution in [-0.4, -0.2) is 26.1 Å². The zero-order valence-corrected chi connectivity index (χ0v) is 9.62. The second-order valence-corrected chi connectivity index (χ2v) is 3.81.